The zero-order valence-electron chi connectivity index (χ0n) is 11.4. The van der Waals surface area contributed by atoms with E-state index in [0.29, 0.717) is 5.91 Å². The molecule has 2 fully saturated rings. The van der Waals surface area contributed by atoms with Gasteiger partial charge in [-0.2, -0.15) is 0 Å². The van der Waals surface area contributed by atoms with Crippen molar-refractivity contribution < 1.29 is 9.53 Å². The molecule has 0 aromatic carbocycles. The van der Waals surface area contributed by atoms with E-state index in [9.17, 15) is 4.79 Å². The van der Waals surface area contributed by atoms with Crippen LogP contribution in [0.25, 0.3) is 0 Å². The van der Waals surface area contributed by atoms with Crippen molar-refractivity contribution in [3.05, 3.63) is 0 Å². The van der Waals surface area contributed by atoms with E-state index in [1.807, 2.05) is 4.90 Å². The maximum absolute atomic E-state index is 12.3. The summed E-state index contributed by atoms with van der Waals surface area (Å²) in [6, 6.07) is 0.0792. The number of ether oxygens (including phenoxy) is 1. The van der Waals surface area contributed by atoms with Crippen LogP contribution in [0.1, 0.15) is 19.3 Å². The first-order valence-electron chi connectivity index (χ1n) is 7.04. The Kier molecular flexibility index (Phi) is 5.41. The van der Waals surface area contributed by atoms with E-state index in [2.05, 4.69) is 10.2 Å². The van der Waals surface area contributed by atoms with Crippen molar-refractivity contribution in [2.45, 2.75) is 25.3 Å². The smallest absolute Gasteiger partial charge is 0.239 e. The molecule has 0 aromatic heterocycles. The maximum Gasteiger partial charge on any atom is 0.239 e. The van der Waals surface area contributed by atoms with Crippen LogP contribution in [0.4, 0.5) is 0 Å². The molecule has 5 nitrogen and oxygen atoms in total. The Labute approximate surface area is 109 Å². The minimum absolute atomic E-state index is 0.0792. The summed E-state index contributed by atoms with van der Waals surface area (Å²) in [5.41, 5.74) is 0. The summed E-state index contributed by atoms with van der Waals surface area (Å²) in [7, 11) is 1.74. The fourth-order valence-corrected chi connectivity index (χ4v) is 2.75. The fourth-order valence-electron chi connectivity index (χ4n) is 2.75. The lowest BCUT2D eigenvalue weighted by Gasteiger charge is -2.24. The van der Waals surface area contributed by atoms with Gasteiger partial charge in [0.2, 0.25) is 5.91 Å². The fraction of sp³-hybridized carbons (Fsp3) is 0.923. The third kappa shape index (κ3) is 3.67. The van der Waals surface area contributed by atoms with Crippen LogP contribution in [0.2, 0.25) is 0 Å². The van der Waals surface area contributed by atoms with Gasteiger partial charge in [0.05, 0.1) is 12.6 Å². The van der Waals surface area contributed by atoms with Gasteiger partial charge < -0.3 is 15.0 Å². The van der Waals surface area contributed by atoms with E-state index in [1.54, 1.807) is 7.11 Å². The van der Waals surface area contributed by atoms with Crippen molar-refractivity contribution in [1.29, 1.82) is 0 Å². The predicted octanol–water partition coefficient (Wildman–Crippen LogP) is -0.0809. The molecule has 1 atom stereocenters. The molecule has 0 aromatic rings. The molecule has 1 amide bonds. The molecular weight excluding hydrogens is 230 g/mol. The summed E-state index contributed by atoms with van der Waals surface area (Å²) in [4.78, 5) is 16.7. The highest BCUT2D eigenvalue weighted by Gasteiger charge is 2.27. The van der Waals surface area contributed by atoms with Crippen molar-refractivity contribution in [2.75, 3.05) is 53.0 Å². The Hall–Kier alpha value is -0.650. The van der Waals surface area contributed by atoms with E-state index in [1.165, 1.54) is 0 Å². The zero-order chi connectivity index (χ0) is 12.8. The largest absolute Gasteiger partial charge is 0.383 e. The second kappa shape index (κ2) is 7.07. The first-order valence-corrected chi connectivity index (χ1v) is 7.04. The first kappa shape index (κ1) is 13.8. The number of methoxy groups -OCH3 is 1. The normalized spacial score (nSPS) is 26.3. The van der Waals surface area contributed by atoms with Crippen molar-refractivity contribution in [2.24, 2.45) is 0 Å². The third-order valence-corrected chi connectivity index (χ3v) is 3.87. The number of nitrogens with one attached hydrogen (secondary N) is 1. The SMILES string of the molecule is COCCN1CCCN(C(=O)C2CCCN2)CC1. The van der Waals surface area contributed by atoms with Crippen LogP contribution >= 0.6 is 0 Å². The van der Waals surface area contributed by atoms with Gasteiger partial charge in [0.1, 0.15) is 0 Å². The van der Waals surface area contributed by atoms with E-state index in [-0.39, 0.29) is 6.04 Å². The topological polar surface area (TPSA) is 44.8 Å². The van der Waals surface area contributed by atoms with Crippen molar-refractivity contribution >= 4 is 5.91 Å². The molecule has 0 radical (unpaired) electrons. The summed E-state index contributed by atoms with van der Waals surface area (Å²) < 4.78 is 5.11. The zero-order valence-corrected chi connectivity index (χ0v) is 11.4. The van der Waals surface area contributed by atoms with Crippen molar-refractivity contribution in [3.63, 3.8) is 0 Å². The average Bonchev–Trinajstić information content (AvgIpc) is 2.82. The number of hydrogen-bond donors (Lipinski definition) is 1. The van der Waals surface area contributed by atoms with Crippen molar-refractivity contribution in [1.82, 2.24) is 15.1 Å². The van der Waals surface area contributed by atoms with Gasteiger partial charge in [0.15, 0.2) is 0 Å². The van der Waals surface area contributed by atoms with Gasteiger partial charge in [0, 0.05) is 33.3 Å². The van der Waals surface area contributed by atoms with Crippen LogP contribution in [0, 0.1) is 0 Å². The van der Waals surface area contributed by atoms with E-state index >= 15 is 0 Å². The van der Waals surface area contributed by atoms with Crippen LogP contribution in [0.15, 0.2) is 0 Å². The van der Waals surface area contributed by atoms with E-state index in [0.717, 1.165) is 65.1 Å². The molecule has 0 bridgehead atoms. The molecule has 2 saturated heterocycles. The van der Waals surface area contributed by atoms with Crippen LogP contribution in [0.3, 0.4) is 0 Å². The number of hydrogen-bond acceptors (Lipinski definition) is 4. The number of carbonyl (C=O) groups is 1. The molecule has 2 heterocycles. The summed E-state index contributed by atoms with van der Waals surface area (Å²) in [6.45, 7) is 6.55. The van der Waals surface area contributed by atoms with Crippen molar-refractivity contribution in [3.8, 4) is 0 Å². The lowest BCUT2D eigenvalue weighted by Crippen LogP contribution is -2.45. The molecule has 5 heteroatoms. The molecule has 1 N–H and O–H groups in total. The highest BCUT2D eigenvalue weighted by atomic mass is 16.5. The number of amides is 1. The highest BCUT2D eigenvalue weighted by Crippen LogP contribution is 2.11. The molecule has 0 saturated carbocycles. The second-order valence-electron chi connectivity index (χ2n) is 5.16. The van der Waals surface area contributed by atoms with Gasteiger partial charge in [0.25, 0.3) is 0 Å². The second-order valence-corrected chi connectivity index (χ2v) is 5.16. The van der Waals surface area contributed by atoms with Gasteiger partial charge in [-0.1, -0.05) is 0 Å². The van der Waals surface area contributed by atoms with Crippen LogP contribution < -0.4 is 5.32 Å². The molecule has 1 unspecified atom stereocenters. The Morgan fingerprint density at radius 2 is 2.17 bits per heavy atom. The van der Waals surface area contributed by atoms with Crippen LogP contribution in [0.5, 0.6) is 0 Å². The van der Waals surface area contributed by atoms with Gasteiger partial charge in [-0.05, 0) is 32.4 Å². The van der Waals surface area contributed by atoms with Gasteiger partial charge >= 0.3 is 0 Å². The summed E-state index contributed by atoms with van der Waals surface area (Å²) in [5.74, 6) is 0.307. The van der Waals surface area contributed by atoms with Gasteiger partial charge in [-0.15, -0.1) is 0 Å². The molecule has 2 aliphatic heterocycles. The molecule has 104 valence electrons. The minimum Gasteiger partial charge on any atom is -0.383 e. The molecule has 0 aliphatic carbocycles. The summed E-state index contributed by atoms with van der Waals surface area (Å²) >= 11 is 0. The number of carbonyl (C=O) groups excluding carboxylic acids is 1. The molecule has 2 rings (SSSR count). The van der Waals surface area contributed by atoms with Gasteiger partial charge in [-0.3, -0.25) is 9.69 Å². The molecule has 0 spiro atoms. The Morgan fingerprint density at radius 1 is 1.28 bits per heavy atom. The Bertz CT molecular complexity index is 267. The lowest BCUT2D eigenvalue weighted by molar-refractivity contribution is -0.132. The highest BCUT2D eigenvalue weighted by molar-refractivity contribution is 5.82. The molecular formula is C13H25N3O2. The quantitative estimate of drug-likeness (QED) is 0.763. The van der Waals surface area contributed by atoms with Crippen LogP contribution in [-0.4, -0.2) is 74.7 Å². The Balaban J connectivity index is 1.78. The summed E-state index contributed by atoms with van der Waals surface area (Å²) in [5, 5.41) is 3.29. The van der Waals surface area contributed by atoms with Crippen LogP contribution in [-0.2, 0) is 9.53 Å². The summed E-state index contributed by atoms with van der Waals surface area (Å²) in [6.07, 6.45) is 3.20. The number of nitrogens with zero attached hydrogens (tertiary/aromatic N) is 2. The Morgan fingerprint density at radius 3 is 2.89 bits per heavy atom. The van der Waals surface area contributed by atoms with Gasteiger partial charge in [-0.25, -0.2) is 0 Å². The first-order chi connectivity index (χ1) is 8.81. The maximum atomic E-state index is 12.3. The van der Waals surface area contributed by atoms with E-state index in [4.69, 9.17) is 4.74 Å². The standard InChI is InChI=1S/C13H25N3O2/c1-18-11-10-15-6-3-7-16(9-8-15)13(17)12-4-2-5-14-12/h12,14H,2-11H2,1H3. The predicted molar refractivity (Wildman–Crippen MR) is 70.5 cm³/mol. The third-order valence-electron chi connectivity index (χ3n) is 3.87. The molecule has 18 heavy (non-hydrogen) atoms. The lowest BCUT2D eigenvalue weighted by atomic mass is 10.2. The minimum atomic E-state index is 0.0792. The monoisotopic (exact) mass is 255 g/mol. The average molecular weight is 255 g/mol. The van der Waals surface area contributed by atoms with E-state index < -0.39 is 0 Å². The number of rotatable bonds is 4. The molecule has 2 aliphatic rings.